The van der Waals surface area contributed by atoms with Crippen molar-refractivity contribution in [1.29, 1.82) is 0 Å². The quantitative estimate of drug-likeness (QED) is 0.926. The van der Waals surface area contributed by atoms with Crippen molar-refractivity contribution >= 4 is 17.6 Å². The zero-order valence-corrected chi connectivity index (χ0v) is 11.0. The molecule has 1 aromatic heterocycles. The van der Waals surface area contributed by atoms with E-state index in [-0.39, 0.29) is 33.5 Å². The lowest BCUT2D eigenvalue weighted by Crippen LogP contribution is -2.03. The fraction of sp³-hybridized carbons (Fsp3) is 0.231. The molecule has 4 nitrogen and oxygen atoms in total. The first-order valence-electron chi connectivity index (χ1n) is 5.60. The van der Waals surface area contributed by atoms with Crippen molar-refractivity contribution in [2.75, 3.05) is 0 Å². The number of carboxylic acid groups (broad SMARTS) is 1. The Hall–Kier alpha value is -1.88. The molecule has 1 N–H and O–H groups in total. The maximum atomic E-state index is 13.8. The van der Waals surface area contributed by atoms with Gasteiger partial charge in [-0.2, -0.15) is 0 Å². The van der Waals surface area contributed by atoms with Gasteiger partial charge in [0.15, 0.2) is 5.76 Å². The first-order chi connectivity index (χ1) is 8.93. The molecule has 0 aliphatic rings. The predicted molar refractivity (Wildman–Crippen MR) is 68.0 cm³/mol. The summed E-state index contributed by atoms with van der Waals surface area (Å²) in [5.74, 6) is -1.85. The summed E-state index contributed by atoms with van der Waals surface area (Å²) in [4.78, 5) is 11.3. The number of hydrogen-bond donors (Lipinski definition) is 1. The van der Waals surface area contributed by atoms with Gasteiger partial charge < -0.3 is 9.63 Å². The molecule has 100 valence electrons. The van der Waals surface area contributed by atoms with Crippen molar-refractivity contribution in [3.8, 4) is 11.3 Å². The lowest BCUT2D eigenvalue weighted by atomic mass is 10.0. The normalized spacial score (nSPS) is 11.0. The summed E-state index contributed by atoms with van der Waals surface area (Å²) in [6, 6.07) is 4.09. The molecule has 0 bridgehead atoms. The molecule has 6 heteroatoms. The standard InChI is InChI=1S/C13H11ClFNO3/c1-6(2)12-10(13(17)18)11(16-19-12)9-7(14)4-3-5-8(9)15/h3-6H,1-2H3,(H,17,18). The molecule has 0 saturated carbocycles. The molecule has 0 amide bonds. The van der Waals surface area contributed by atoms with E-state index in [2.05, 4.69) is 5.16 Å². The highest BCUT2D eigenvalue weighted by Crippen LogP contribution is 2.35. The smallest absolute Gasteiger partial charge is 0.341 e. The number of halogens is 2. The molecule has 0 spiro atoms. The largest absolute Gasteiger partial charge is 0.477 e. The number of aromatic carboxylic acids is 1. The SMILES string of the molecule is CC(C)c1onc(-c2c(F)cccc2Cl)c1C(=O)O. The van der Waals surface area contributed by atoms with Crippen LogP contribution in [-0.2, 0) is 0 Å². The van der Waals surface area contributed by atoms with Crippen LogP contribution >= 0.6 is 11.6 Å². The van der Waals surface area contributed by atoms with Crippen molar-refractivity contribution in [2.24, 2.45) is 0 Å². The summed E-state index contributed by atoms with van der Waals surface area (Å²) in [5, 5.41) is 13.0. The predicted octanol–water partition coefficient (Wildman–Crippen LogP) is 3.96. The van der Waals surface area contributed by atoms with E-state index in [9.17, 15) is 14.3 Å². The van der Waals surface area contributed by atoms with Gasteiger partial charge in [-0.3, -0.25) is 0 Å². The molecule has 1 heterocycles. The molecule has 0 radical (unpaired) electrons. The Morgan fingerprint density at radius 3 is 2.68 bits per heavy atom. The van der Waals surface area contributed by atoms with Crippen LogP contribution in [-0.4, -0.2) is 16.2 Å². The summed E-state index contributed by atoms with van der Waals surface area (Å²) < 4.78 is 18.9. The van der Waals surface area contributed by atoms with Crippen LogP contribution in [0.3, 0.4) is 0 Å². The van der Waals surface area contributed by atoms with E-state index in [1.165, 1.54) is 18.2 Å². The van der Waals surface area contributed by atoms with Crippen LogP contribution in [0.1, 0.15) is 35.9 Å². The number of nitrogens with zero attached hydrogens (tertiary/aromatic N) is 1. The fourth-order valence-electron chi connectivity index (χ4n) is 1.80. The van der Waals surface area contributed by atoms with Gasteiger partial charge in [0.2, 0.25) is 0 Å². The van der Waals surface area contributed by atoms with E-state index >= 15 is 0 Å². The fourth-order valence-corrected chi connectivity index (χ4v) is 2.05. The Balaban J connectivity index is 2.73. The Morgan fingerprint density at radius 2 is 2.16 bits per heavy atom. The third kappa shape index (κ3) is 2.33. The molecule has 1 aromatic carbocycles. The highest BCUT2D eigenvalue weighted by Gasteiger charge is 2.28. The van der Waals surface area contributed by atoms with E-state index in [1.807, 2.05) is 0 Å². The first-order valence-corrected chi connectivity index (χ1v) is 5.98. The van der Waals surface area contributed by atoms with Crippen LogP contribution in [0.4, 0.5) is 4.39 Å². The van der Waals surface area contributed by atoms with Crippen LogP contribution in [0.2, 0.25) is 5.02 Å². The Labute approximate surface area is 113 Å². The molecule has 2 rings (SSSR count). The second-order valence-electron chi connectivity index (χ2n) is 4.33. The molecule has 0 atom stereocenters. The lowest BCUT2D eigenvalue weighted by Gasteiger charge is -2.04. The Morgan fingerprint density at radius 1 is 1.47 bits per heavy atom. The Kier molecular flexibility index (Phi) is 3.57. The topological polar surface area (TPSA) is 63.3 Å². The van der Waals surface area contributed by atoms with Crippen molar-refractivity contribution in [1.82, 2.24) is 5.16 Å². The number of carbonyl (C=O) groups is 1. The average molecular weight is 284 g/mol. The number of carboxylic acids is 1. The van der Waals surface area contributed by atoms with Gasteiger partial charge in [-0.1, -0.05) is 36.7 Å². The number of rotatable bonds is 3. The third-order valence-corrected chi connectivity index (χ3v) is 2.97. The molecular weight excluding hydrogens is 273 g/mol. The highest BCUT2D eigenvalue weighted by atomic mass is 35.5. The van der Waals surface area contributed by atoms with Gasteiger partial charge in [-0.05, 0) is 12.1 Å². The average Bonchev–Trinajstić information content (AvgIpc) is 2.73. The van der Waals surface area contributed by atoms with E-state index in [0.29, 0.717) is 0 Å². The van der Waals surface area contributed by atoms with Crippen molar-refractivity contribution in [3.63, 3.8) is 0 Å². The molecule has 0 saturated heterocycles. The molecule has 19 heavy (non-hydrogen) atoms. The van der Waals surface area contributed by atoms with Crippen LogP contribution in [0.25, 0.3) is 11.3 Å². The number of hydrogen-bond acceptors (Lipinski definition) is 3. The van der Waals surface area contributed by atoms with Gasteiger partial charge in [0.1, 0.15) is 17.1 Å². The highest BCUT2D eigenvalue weighted by molar-refractivity contribution is 6.33. The summed E-state index contributed by atoms with van der Waals surface area (Å²) in [6.45, 7) is 3.53. The van der Waals surface area contributed by atoms with E-state index in [4.69, 9.17) is 16.1 Å². The minimum absolute atomic E-state index is 0.0581. The van der Waals surface area contributed by atoms with Crippen LogP contribution in [0, 0.1) is 5.82 Å². The first kappa shape index (κ1) is 13.5. The molecule has 0 unspecified atom stereocenters. The zero-order valence-electron chi connectivity index (χ0n) is 10.3. The molecule has 2 aromatic rings. The van der Waals surface area contributed by atoms with Crippen molar-refractivity contribution < 1.29 is 18.8 Å². The van der Waals surface area contributed by atoms with Crippen molar-refractivity contribution in [3.05, 3.63) is 40.4 Å². The van der Waals surface area contributed by atoms with Gasteiger partial charge in [-0.25, -0.2) is 9.18 Å². The second-order valence-corrected chi connectivity index (χ2v) is 4.73. The Bertz CT molecular complexity index is 617. The summed E-state index contributed by atoms with van der Waals surface area (Å²) in [7, 11) is 0. The van der Waals surface area contributed by atoms with Crippen LogP contribution in [0.15, 0.2) is 22.7 Å². The van der Waals surface area contributed by atoms with Gasteiger partial charge in [0.25, 0.3) is 0 Å². The summed E-state index contributed by atoms with van der Waals surface area (Å²) >= 11 is 5.91. The maximum absolute atomic E-state index is 13.8. The van der Waals surface area contributed by atoms with Crippen LogP contribution < -0.4 is 0 Å². The minimum atomic E-state index is -1.22. The summed E-state index contributed by atoms with van der Waals surface area (Å²) in [5.41, 5.74) is -0.293. The number of benzene rings is 1. The molecule has 0 fully saturated rings. The second kappa shape index (κ2) is 5.01. The van der Waals surface area contributed by atoms with Gasteiger partial charge in [-0.15, -0.1) is 0 Å². The minimum Gasteiger partial charge on any atom is -0.477 e. The molecular formula is C13H11ClFNO3. The van der Waals surface area contributed by atoms with E-state index in [1.54, 1.807) is 13.8 Å². The van der Waals surface area contributed by atoms with E-state index in [0.717, 1.165) is 0 Å². The monoisotopic (exact) mass is 283 g/mol. The molecule has 0 aliphatic carbocycles. The maximum Gasteiger partial charge on any atom is 0.341 e. The summed E-state index contributed by atoms with van der Waals surface area (Å²) in [6.07, 6.45) is 0. The van der Waals surface area contributed by atoms with Crippen LogP contribution in [0.5, 0.6) is 0 Å². The third-order valence-electron chi connectivity index (χ3n) is 2.66. The van der Waals surface area contributed by atoms with E-state index < -0.39 is 11.8 Å². The zero-order chi connectivity index (χ0) is 14.2. The molecule has 0 aliphatic heterocycles. The van der Waals surface area contributed by atoms with Gasteiger partial charge in [0, 0.05) is 5.92 Å². The van der Waals surface area contributed by atoms with Gasteiger partial charge >= 0.3 is 5.97 Å². The van der Waals surface area contributed by atoms with Crippen molar-refractivity contribution in [2.45, 2.75) is 19.8 Å². The van der Waals surface area contributed by atoms with Gasteiger partial charge in [0.05, 0.1) is 10.6 Å². The number of aromatic nitrogens is 1. The lowest BCUT2D eigenvalue weighted by molar-refractivity contribution is 0.0694.